The van der Waals surface area contributed by atoms with E-state index in [9.17, 15) is 18.4 Å². The molecule has 9 heteroatoms. The second-order valence-electron chi connectivity index (χ2n) is 9.64. The number of anilines is 2. The van der Waals surface area contributed by atoms with Gasteiger partial charge in [-0.3, -0.25) is 4.79 Å². The number of thiophene rings is 1. The molecule has 0 aliphatic heterocycles. The molecule has 1 heterocycles. The summed E-state index contributed by atoms with van der Waals surface area (Å²) in [7, 11) is 0. The van der Waals surface area contributed by atoms with E-state index in [1.165, 1.54) is 23.5 Å². The molecule has 4 aromatic rings. The van der Waals surface area contributed by atoms with Crippen molar-refractivity contribution < 1.29 is 18.4 Å². The quantitative estimate of drug-likeness (QED) is 0.190. The molecule has 0 saturated heterocycles. The summed E-state index contributed by atoms with van der Waals surface area (Å²) in [6.07, 6.45) is 0. The van der Waals surface area contributed by atoms with Crippen LogP contribution in [0.25, 0.3) is 0 Å². The average Bonchev–Trinajstić information content (AvgIpc) is 3.44. The third-order valence-electron chi connectivity index (χ3n) is 5.87. The zero-order valence-corrected chi connectivity index (χ0v) is 24.3. The lowest BCUT2D eigenvalue weighted by Crippen LogP contribution is -2.28. The first-order valence-electron chi connectivity index (χ1n) is 12.8. The summed E-state index contributed by atoms with van der Waals surface area (Å²) in [5.41, 5.74) is 3.87. The van der Waals surface area contributed by atoms with Crippen LogP contribution in [0.5, 0.6) is 0 Å². The standard InChI is InChI=1S/C22H22ClN3O2S.C9H10F2.3CH4/c1-14(2)17-12-16(25-21(27)20-8-5-11-29-20)9-10-19(17)26-22(28)24-13-15-6-3-4-7-18(15)23;1-6(2)7-3-8(10)5-9(11)4-7;;;/h3-12,14H,13H2,1-2H3,(H,25,27)(H2,24,26,28);3-6H,1-2H3;3*1H4. The Labute approximate surface area is 264 Å². The van der Waals surface area contributed by atoms with Crippen LogP contribution in [0.1, 0.15) is 88.2 Å². The van der Waals surface area contributed by atoms with Crippen molar-refractivity contribution in [2.24, 2.45) is 0 Å². The summed E-state index contributed by atoms with van der Waals surface area (Å²) in [4.78, 5) is 25.3. The van der Waals surface area contributed by atoms with Gasteiger partial charge in [-0.1, -0.05) is 85.8 Å². The predicted molar refractivity (Wildman–Crippen MR) is 181 cm³/mol. The number of urea groups is 1. The molecule has 234 valence electrons. The van der Waals surface area contributed by atoms with E-state index < -0.39 is 11.6 Å². The van der Waals surface area contributed by atoms with Crippen LogP contribution in [0, 0.1) is 11.6 Å². The smallest absolute Gasteiger partial charge is 0.319 e. The molecule has 0 unspecified atom stereocenters. The molecule has 3 aromatic carbocycles. The van der Waals surface area contributed by atoms with E-state index >= 15 is 0 Å². The van der Waals surface area contributed by atoms with Gasteiger partial charge >= 0.3 is 6.03 Å². The monoisotopic (exact) mass is 631 g/mol. The van der Waals surface area contributed by atoms with Crippen LogP contribution in [-0.4, -0.2) is 11.9 Å². The summed E-state index contributed by atoms with van der Waals surface area (Å²) in [6, 6.07) is 19.7. The number of carbonyl (C=O) groups excluding carboxylic acids is 2. The fraction of sp³-hybridized carbons (Fsp3) is 0.294. The Balaban J connectivity index is 0.00000107. The molecular formula is C34H44ClF2N3O2S. The Morgan fingerprint density at radius 2 is 1.47 bits per heavy atom. The highest BCUT2D eigenvalue weighted by molar-refractivity contribution is 7.12. The van der Waals surface area contributed by atoms with Gasteiger partial charge in [-0.15, -0.1) is 11.3 Å². The van der Waals surface area contributed by atoms with Crippen molar-refractivity contribution in [1.29, 1.82) is 0 Å². The van der Waals surface area contributed by atoms with Gasteiger partial charge in [0, 0.05) is 29.0 Å². The van der Waals surface area contributed by atoms with Crippen LogP contribution in [-0.2, 0) is 6.54 Å². The lowest BCUT2D eigenvalue weighted by atomic mass is 10.00. The normalized spacial score (nSPS) is 9.88. The molecule has 0 aliphatic carbocycles. The topological polar surface area (TPSA) is 70.2 Å². The van der Waals surface area contributed by atoms with Crippen molar-refractivity contribution in [2.75, 3.05) is 10.6 Å². The van der Waals surface area contributed by atoms with Gasteiger partial charge in [-0.05, 0) is 76.4 Å². The van der Waals surface area contributed by atoms with E-state index in [1.807, 2.05) is 63.4 Å². The number of nitrogens with one attached hydrogen (secondary N) is 3. The van der Waals surface area contributed by atoms with Crippen LogP contribution in [0.2, 0.25) is 5.02 Å². The highest BCUT2D eigenvalue weighted by atomic mass is 35.5. The Morgan fingerprint density at radius 3 is 2.02 bits per heavy atom. The summed E-state index contributed by atoms with van der Waals surface area (Å²) in [5.74, 6) is -0.831. The van der Waals surface area contributed by atoms with Crippen molar-refractivity contribution in [1.82, 2.24) is 5.32 Å². The molecular weight excluding hydrogens is 588 g/mol. The van der Waals surface area contributed by atoms with Gasteiger partial charge in [0.1, 0.15) is 11.6 Å². The van der Waals surface area contributed by atoms with Crippen molar-refractivity contribution in [3.05, 3.63) is 116 Å². The largest absolute Gasteiger partial charge is 0.334 e. The molecule has 3 amide bonds. The van der Waals surface area contributed by atoms with Crippen molar-refractivity contribution in [3.8, 4) is 0 Å². The summed E-state index contributed by atoms with van der Waals surface area (Å²) in [5, 5.41) is 11.1. The van der Waals surface area contributed by atoms with E-state index in [0.29, 0.717) is 33.4 Å². The van der Waals surface area contributed by atoms with Crippen LogP contribution in [0.3, 0.4) is 0 Å². The Hall–Kier alpha value is -3.75. The third kappa shape index (κ3) is 12.2. The number of benzene rings is 3. The molecule has 0 saturated carbocycles. The Morgan fingerprint density at radius 1 is 0.814 bits per heavy atom. The van der Waals surface area contributed by atoms with Crippen molar-refractivity contribution >= 4 is 46.3 Å². The van der Waals surface area contributed by atoms with Gasteiger partial charge < -0.3 is 16.0 Å². The third-order valence-corrected chi connectivity index (χ3v) is 7.11. The zero-order chi connectivity index (χ0) is 29.2. The number of hydrogen-bond acceptors (Lipinski definition) is 3. The molecule has 3 N–H and O–H groups in total. The zero-order valence-electron chi connectivity index (χ0n) is 22.7. The van der Waals surface area contributed by atoms with E-state index in [0.717, 1.165) is 17.2 Å². The van der Waals surface area contributed by atoms with E-state index in [4.69, 9.17) is 11.6 Å². The first-order valence-corrected chi connectivity index (χ1v) is 14.0. The number of amides is 3. The molecule has 0 spiro atoms. The molecule has 1 aromatic heterocycles. The predicted octanol–water partition coefficient (Wildman–Crippen LogP) is 11.1. The molecule has 4 rings (SSSR count). The summed E-state index contributed by atoms with van der Waals surface area (Å²) < 4.78 is 25.1. The maximum atomic E-state index is 12.5. The van der Waals surface area contributed by atoms with Gasteiger partial charge in [0.05, 0.1) is 4.88 Å². The number of rotatable bonds is 7. The SMILES string of the molecule is C.C.C.CC(C)c1cc(F)cc(F)c1.CC(C)c1cc(NC(=O)c2cccs2)ccc1NC(=O)NCc1ccccc1Cl. The van der Waals surface area contributed by atoms with Gasteiger partial charge in [0.2, 0.25) is 0 Å². The summed E-state index contributed by atoms with van der Waals surface area (Å²) in [6.45, 7) is 8.19. The fourth-order valence-corrected chi connectivity index (χ4v) is 4.55. The average molecular weight is 632 g/mol. The molecule has 0 bridgehead atoms. The lowest BCUT2D eigenvalue weighted by molar-refractivity contribution is 0.103. The summed E-state index contributed by atoms with van der Waals surface area (Å²) >= 11 is 7.52. The minimum atomic E-state index is -0.506. The molecule has 43 heavy (non-hydrogen) atoms. The number of hydrogen-bond donors (Lipinski definition) is 3. The van der Waals surface area contributed by atoms with Crippen LogP contribution >= 0.6 is 22.9 Å². The van der Waals surface area contributed by atoms with Gasteiger partial charge in [-0.25, -0.2) is 13.6 Å². The highest BCUT2D eigenvalue weighted by Crippen LogP contribution is 2.28. The second-order valence-corrected chi connectivity index (χ2v) is 11.0. The van der Waals surface area contributed by atoms with Crippen molar-refractivity contribution in [2.45, 2.75) is 68.4 Å². The van der Waals surface area contributed by atoms with Gasteiger partial charge in [-0.2, -0.15) is 0 Å². The maximum Gasteiger partial charge on any atom is 0.319 e. The Kier molecular flexibility index (Phi) is 17.1. The molecule has 0 fully saturated rings. The van der Waals surface area contributed by atoms with E-state index in [-0.39, 0.29) is 46.1 Å². The van der Waals surface area contributed by atoms with Gasteiger partial charge in [0.15, 0.2) is 0 Å². The van der Waals surface area contributed by atoms with Crippen LogP contribution in [0.15, 0.2) is 78.2 Å². The first-order chi connectivity index (χ1) is 19.0. The van der Waals surface area contributed by atoms with Crippen LogP contribution in [0.4, 0.5) is 25.0 Å². The van der Waals surface area contributed by atoms with Crippen molar-refractivity contribution in [3.63, 3.8) is 0 Å². The maximum absolute atomic E-state index is 12.5. The Bertz CT molecular complexity index is 1420. The van der Waals surface area contributed by atoms with Crippen LogP contribution < -0.4 is 16.0 Å². The number of halogens is 3. The minimum absolute atomic E-state index is 0. The van der Waals surface area contributed by atoms with Gasteiger partial charge in [0.25, 0.3) is 5.91 Å². The van der Waals surface area contributed by atoms with E-state index in [2.05, 4.69) is 16.0 Å². The first kappa shape index (κ1) is 39.2. The minimum Gasteiger partial charge on any atom is -0.334 e. The van der Waals surface area contributed by atoms with E-state index in [1.54, 1.807) is 24.3 Å². The highest BCUT2D eigenvalue weighted by Gasteiger charge is 2.13. The molecule has 0 aliphatic rings. The molecule has 0 radical (unpaired) electrons. The number of carbonyl (C=O) groups is 2. The molecule has 0 atom stereocenters. The fourth-order valence-electron chi connectivity index (χ4n) is 3.72. The second kappa shape index (κ2) is 18.7. The molecule has 5 nitrogen and oxygen atoms in total. The lowest BCUT2D eigenvalue weighted by Gasteiger charge is -2.16.